The summed E-state index contributed by atoms with van der Waals surface area (Å²) in [5, 5.41) is 9.22. The van der Waals surface area contributed by atoms with Crippen LogP contribution >= 0.6 is 0 Å². The van der Waals surface area contributed by atoms with Crippen molar-refractivity contribution in [1.82, 2.24) is 20.0 Å². The van der Waals surface area contributed by atoms with E-state index in [4.69, 9.17) is 5.73 Å². The Labute approximate surface area is 111 Å². The van der Waals surface area contributed by atoms with Crippen molar-refractivity contribution in [3.05, 3.63) is 42.2 Å². The van der Waals surface area contributed by atoms with Gasteiger partial charge in [-0.15, -0.1) is 5.10 Å². The number of hydrogen-bond acceptors (Lipinski definition) is 4. The molecule has 0 aliphatic heterocycles. The molecule has 96 valence electrons. The van der Waals surface area contributed by atoms with Gasteiger partial charge in [-0.05, 0) is 18.6 Å². The molecule has 1 aromatic carbocycles. The number of aromatic nitrogens is 4. The number of fused-ring (bicyclic) bond motifs is 1. The van der Waals surface area contributed by atoms with Gasteiger partial charge in [-0.2, -0.15) is 0 Å². The van der Waals surface area contributed by atoms with Gasteiger partial charge in [0.1, 0.15) is 0 Å². The monoisotopic (exact) mass is 253 g/mol. The molecule has 0 amide bonds. The van der Waals surface area contributed by atoms with E-state index in [2.05, 4.69) is 22.2 Å². The van der Waals surface area contributed by atoms with Crippen LogP contribution in [0.1, 0.15) is 19.0 Å². The van der Waals surface area contributed by atoms with Gasteiger partial charge in [0.15, 0.2) is 5.82 Å². The molecule has 0 fully saturated rings. The van der Waals surface area contributed by atoms with Gasteiger partial charge in [0, 0.05) is 11.6 Å². The van der Waals surface area contributed by atoms with Crippen molar-refractivity contribution in [2.45, 2.75) is 19.8 Å². The molecule has 2 N–H and O–H groups in total. The quantitative estimate of drug-likeness (QED) is 0.777. The number of rotatable bonds is 3. The highest BCUT2D eigenvalue weighted by Crippen LogP contribution is 2.22. The number of nitrogen functional groups attached to an aromatic ring is 1. The maximum Gasteiger partial charge on any atom is 0.169 e. The molecule has 0 atom stereocenters. The lowest BCUT2D eigenvalue weighted by Crippen LogP contribution is -2.04. The number of hydrogen-bond donors (Lipinski definition) is 1. The Morgan fingerprint density at radius 1 is 1.21 bits per heavy atom. The molecule has 0 bridgehead atoms. The zero-order valence-corrected chi connectivity index (χ0v) is 10.7. The fourth-order valence-corrected chi connectivity index (χ4v) is 2.24. The molecule has 0 aliphatic rings. The van der Waals surface area contributed by atoms with E-state index >= 15 is 0 Å². The SMILES string of the molecule is CCCc1c(N)nnn1-c1cccc2cccnc12. The van der Waals surface area contributed by atoms with E-state index in [9.17, 15) is 0 Å². The summed E-state index contributed by atoms with van der Waals surface area (Å²) < 4.78 is 1.80. The highest BCUT2D eigenvalue weighted by molar-refractivity contribution is 5.86. The van der Waals surface area contributed by atoms with Crippen LogP contribution in [0.5, 0.6) is 0 Å². The van der Waals surface area contributed by atoms with Crippen LogP contribution in [0.15, 0.2) is 36.5 Å². The Morgan fingerprint density at radius 3 is 2.89 bits per heavy atom. The largest absolute Gasteiger partial charge is 0.381 e. The van der Waals surface area contributed by atoms with Crippen molar-refractivity contribution in [2.24, 2.45) is 0 Å². The summed E-state index contributed by atoms with van der Waals surface area (Å²) >= 11 is 0. The summed E-state index contributed by atoms with van der Waals surface area (Å²) in [6.07, 6.45) is 3.63. The van der Waals surface area contributed by atoms with Crippen LogP contribution < -0.4 is 5.73 Å². The van der Waals surface area contributed by atoms with Crippen molar-refractivity contribution in [2.75, 3.05) is 5.73 Å². The van der Waals surface area contributed by atoms with Crippen molar-refractivity contribution >= 4 is 16.7 Å². The number of nitrogens with two attached hydrogens (primary N) is 1. The van der Waals surface area contributed by atoms with Gasteiger partial charge in [-0.25, -0.2) is 4.68 Å². The Hall–Kier alpha value is -2.43. The molecule has 0 saturated carbocycles. The fraction of sp³-hybridized carbons (Fsp3) is 0.214. The smallest absolute Gasteiger partial charge is 0.169 e. The minimum atomic E-state index is 0.495. The summed E-state index contributed by atoms with van der Waals surface area (Å²) in [4.78, 5) is 4.44. The average molecular weight is 253 g/mol. The fourth-order valence-electron chi connectivity index (χ4n) is 2.24. The molecule has 3 rings (SSSR count). The van der Waals surface area contributed by atoms with Crippen LogP contribution in [0.2, 0.25) is 0 Å². The maximum absolute atomic E-state index is 5.89. The second kappa shape index (κ2) is 4.68. The third-order valence-corrected chi connectivity index (χ3v) is 3.12. The Morgan fingerprint density at radius 2 is 2.05 bits per heavy atom. The lowest BCUT2D eigenvalue weighted by Gasteiger charge is -2.08. The summed E-state index contributed by atoms with van der Waals surface area (Å²) in [6.45, 7) is 2.11. The lowest BCUT2D eigenvalue weighted by molar-refractivity contribution is 0.748. The minimum absolute atomic E-state index is 0.495. The molecule has 5 heteroatoms. The molecule has 0 aliphatic carbocycles. The molecule has 0 saturated heterocycles. The van der Waals surface area contributed by atoms with E-state index in [-0.39, 0.29) is 0 Å². The lowest BCUT2D eigenvalue weighted by atomic mass is 10.2. The zero-order chi connectivity index (χ0) is 13.2. The maximum atomic E-state index is 5.89. The second-order valence-electron chi connectivity index (χ2n) is 4.44. The van der Waals surface area contributed by atoms with Gasteiger partial charge in [0.05, 0.1) is 16.9 Å². The molecule has 0 unspecified atom stereocenters. The Kier molecular flexibility index (Phi) is 2.87. The number of anilines is 1. The van der Waals surface area contributed by atoms with Gasteiger partial charge < -0.3 is 5.73 Å². The predicted molar refractivity (Wildman–Crippen MR) is 75.1 cm³/mol. The molecular formula is C14H15N5. The number of para-hydroxylation sites is 1. The highest BCUT2D eigenvalue weighted by Gasteiger charge is 2.13. The van der Waals surface area contributed by atoms with E-state index in [1.54, 1.807) is 10.9 Å². The zero-order valence-electron chi connectivity index (χ0n) is 10.7. The highest BCUT2D eigenvalue weighted by atomic mass is 15.4. The third-order valence-electron chi connectivity index (χ3n) is 3.12. The van der Waals surface area contributed by atoms with E-state index in [1.807, 2.05) is 30.3 Å². The van der Waals surface area contributed by atoms with Gasteiger partial charge in [-0.1, -0.05) is 36.8 Å². The van der Waals surface area contributed by atoms with E-state index in [0.717, 1.165) is 35.1 Å². The van der Waals surface area contributed by atoms with Gasteiger partial charge in [0.25, 0.3) is 0 Å². The van der Waals surface area contributed by atoms with Crippen LogP contribution in [0.4, 0.5) is 5.82 Å². The molecule has 2 heterocycles. The Balaban J connectivity index is 2.25. The first-order valence-corrected chi connectivity index (χ1v) is 6.35. The second-order valence-corrected chi connectivity index (χ2v) is 4.44. The van der Waals surface area contributed by atoms with E-state index in [1.165, 1.54) is 0 Å². The first-order valence-electron chi connectivity index (χ1n) is 6.35. The van der Waals surface area contributed by atoms with Crippen molar-refractivity contribution in [3.8, 4) is 5.69 Å². The summed E-state index contributed by atoms with van der Waals surface area (Å²) in [6, 6.07) is 9.97. The standard InChI is InChI=1S/C14H15N5/c1-2-5-12-14(15)17-18-19(12)11-8-3-6-10-7-4-9-16-13(10)11/h3-4,6-9H,2,5,15H2,1H3. The molecule has 0 spiro atoms. The predicted octanol–water partition coefficient (Wildman–Crippen LogP) is 2.35. The van der Waals surface area contributed by atoms with Crippen LogP contribution in [-0.4, -0.2) is 20.0 Å². The molecule has 19 heavy (non-hydrogen) atoms. The number of benzene rings is 1. The van der Waals surface area contributed by atoms with Crippen LogP contribution in [0, 0.1) is 0 Å². The number of nitrogens with zero attached hydrogens (tertiary/aromatic N) is 4. The Bertz CT molecular complexity index is 711. The summed E-state index contributed by atoms with van der Waals surface area (Å²) in [5.74, 6) is 0.495. The third kappa shape index (κ3) is 1.93. The molecule has 5 nitrogen and oxygen atoms in total. The average Bonchev–Trinajstić information content (AvgIpc) is 2.80. The van der Waals surface area contributed by atoms with E-state index < -0.39 is 0 Å². The van der Waals surface area contributed by atoms with Crippen LogP contribution in [0.25, 0.3) is 16.6 Å². The van der Waals surface area contributed by atoms with Crippen molar-refractivity contribution < 1.29 is 0 Å². The summed E-state index contributed by atoms with van der Waals surface area (Å²) in [5.41, 5.74) is 8.67. The first kappa shape index (κ1) is 11.6. The van der Waals surface area contributed by atoms with Gasteiger partial charge >= 0.3 is 0 Å². The van der Waals surface area contributed by atoms with Gasteiger partial charge in [-0.3, -0.25) is 4.98 Å². The van der Waals surface area contributed by atoms with Crippen LogP contribution in [-0.2, 0) is 6.42 Å². The van der Waals surface area contributed by atoms with Gasteiger partial charge in [0.2, 0.25) is 0 Å². The van der Waals surface area contributed by atoms with Crippen molar-refractivity contribution in [3.63, 3.8) is 0 Å². The molecule has 0 radical (unpaired) electrons. The topological polar surface area (TPSA) is 69.6 Å². The summed E-state index contributed by atoms with van der Waals surface area (Å²) in [7, 11) is 0. The number of pyridine rings is 1. The first-order chi connectivity index (χ1) is 9.31. The minimum Gasteiger partial charge on any atom is -0.381 e. The normalized spacial score (nSPS) is 11.0. The molecular weight excluding hydrogens is 238 g/mol. The van der Waals surface area contributed by atoms with Crippen LogP contribution in [0.3, 0.4) is 0 Å². The van der Waals surface area contributed by atoms with E-state index in [0.29, 0.717) is 5.82 Å². The molecule has 3 aromatic rings. The molecule has 2 aromatic heterocycles. The van der Waals surface area contributed by atoms with Crippen molar-refractivity contribution in [1.29, 1.82) is 0 Å².